The fourth-order valence-electron chi connectivity index (χ4n) is 1.62. The van der Waals surface area contributed by atoms with E-state index in [1.807, 2.05) is 26.0 Å². The third kappa shape index (κ3) is 5.30. The number of esters is 1. The van der Waals surface area contributed by atoms with Gasteiger partial charge in [0.05, 0.1) is 12.7 Å². The molecule has 1 aromatic rings. The summed E-state index contributed by atoms with van der Waals surface area (Å²) in [6, 6.07) is 7.18. The Labute approximate surface area is 114 Å². The van der Waals surface area contributed by atoms with Crippen molar-refractivity contribution in [1.82, 2.24) is 0 Å². The van der Waals surface area contributed by atoms with Crippen LogP contribution in [0.15, 0.2) is 24.3 Å². The van der Waals surface area contributed by atoms with E-state index in [2.05, 4.69) is 0 Å². The molecule has 0 aliphatic carbocycles. The van der Waals surface area contributed by atoms with E-state index in [0.717, 1.165) is 12.8 Å². The van der Waals surface area contributed by atoms with E-state index in [4.69, 9.17) is 9.47 Å². The minimum Gasteiger partial charge on any atom is -0.482 e. The number of unbranched alkanes of at least 4 members (excludes halogenated alkanes) is 1. The molecule has 0 aliphatic heterocycles. The molecule has 1 atom stereocenters. The zero-order valence-electron chi connectivity index (χ0n) is 11.6. The number of aliphatic hydroxyl groups is 1. The molecule has 1 aromatic carbocycles. The molecular weight excluding hydrogens is 244 g/mol. The summed E-state index contributed by atoms with van der Waals surface area (Å²) in [5.41, 5.74) is 0.700. The Bertz CT molecular complexity index is 389. The third-order valence-corrected chi connectivity index (χ3v) is 2.77. The van der Waals surface area contributed by atoms with E-state index < -0.39 is 6.10 Å². The number of ether oxygens (including phenoxy) is 2. The van der Waals surface area contributed by atoms with Crippen LogP contribution in [0.3, 0.4) is 0 Å². The summed E-state index contributed by atoms with van der Waals surface area (Å²) in [4.78, 5) is 11.4. The molecule has 0 aromatic heterocycles. The highest BCUT2D eigenvalue weighted by Gasteiger charge is 2.12. The van der Waals surface area contributed by atoms with E-state index in [1.165, 1.54) is 0 Å². The zero-order chi connectivity index (χ0) is 14.1. The van der Waals surface area contributed by atoms with Crippen LogP contribution in [0.25, 0.3) is 0 Å². The highest BCUT2D eigenvalue weighted by molar-refractivity contribution is 5.71. The molecule has 0 radical (unpaired) electrons. The van der Waals surface area contributed by atoms with Gasteiger partial charge < -0.3 is 14.6 Å². The van der Waals surface area contributed by atoms with Gasteiger partial charge in [-0.1, -0.05) is 38.5 Å². The number of carbonyl (C=O) groups excluding carboxylic acids is 1. The van der Waals surface area contributed by atoms with Crippen LogP contribution < -0.4 is 4.74 Å². The molecule has 0 unspecified atom stereocenters. The van der Waals surface area contributed by atoms with Gasteiger partial charge in [0, 0.05) is 5.56 Å². The van der Waals surface area contributed by atoms with Crippen molar-refractivity contribution < 1.29 is 19.4 Å². The second-order valence-electron chi connectivity index (χ2n) is 4.32. The number of carbonyl (C=O) groups is 1. The van der Waals surface area contributed by atoms with Gasteiger partial charge in [0.25, 0.3) is 0 Å². The molecule has 1 N–H and O–H groups in total. The van der Waals surface area contributed by atoms with E-state index in [9.17, 15) is 9.90 Å². The van der Waals surface area contributed by atoms with Gasteiger partial charge in [-0.3, -0.25) is 0 Å². The molecule has 0 fully saturated rings. The van der Waals surface area contributed by atoms with E-state index in [-0.39, 0.29) is 12.6 Å². The molecule has 0 aliphatic rings. The van der Waals surface area contributed by atoms with E-state index >= 15 is 0 Å². The lowest BCUT2D eigenvalue weighted by Gasteiger charge is -2.14. The van der Waals surface area contributed by atoms with Crippen LogP contribution in [0.5, 0.6) is 5.75 Å². The second-order valence-corrected chi connectivity index (χ2v) is 4.32. The number of hydrogen-bond donors (Lipinski definition) is 1. The normalized spacial score (nSPS) is 11.9. The SMILES string of the molecule is CCCCOC(=O)COc1ccccc1[C@H](O)CC. The van der Waals surface area contributed by atoms with Gasteiger partial charge in [0.15, 0.2) is 6.61 Å². The standard InChI is InChI=1S/C15H22O4/c1-3-5-10-18-15(17)11-19-14-9-7-6-8-12(14)13(16)4-2/h6-9,13,16H,3-5,10-11H2,1-2H3/t13-/m1/s1. The Morgan fingerprint density at radius 1 is 1.32 bits per heavy atom. The highest BCUT2D eigenvalue weighted by atomic mass is 16.6. The number of hydrogen-bond acceptors (Lipinski definition) is 4. The lowest BCUT2D eigenvalue weighted by molar-refractivity contribution is -0.146. The molecule has 0 heterocycles. The number of benzene rings is 1. The predicted molar refractivity (Wildman–Crippen MR) is 73.1 cm³/mol. The lowest BCUT2D eigenvalue weighted by atomic mass is 10.1. The maximum Gasteiger partial charge on any atom is 0.344 e. The molecule has 0 bridgehead atoms. The Morgan fingerprint density at radius 3 is 2.74 bits per heavy atom. The molecule has 0 saturated carbocycles. The lowest BCUT2D eigenvalue weighted by Crippen LogP contribution is -2.16. The first-order valence-electron chi connectivity index (χ1n) is 6.74. The summed E-state index contributed by atoms with van der Waals surface area (Å²) in [7, 11) is 0. The van der Waals surface area contributed by atoms with E-state index in [0.29, 0.717) is 24.3 Å². The van der Waals surface area contributed by atoms with Crippen molar-refractivity contribution in [2.75, 3.05) is 13.2 Å². The van der Waals surface area contributed by atoms with Gasteiger partial charge in [-0.25, -0.2) is 4.79 Å². The molecule has 19 heavy (non-hydrogen) atoms. The van der Waals surface area contributed by atoms with Gasteiger partial charge in [0.2, 0.25) is 0 Å². The first-order valence-corrected chi connectivity index (χ1v) is 6.74. The van der Waals surface area contributed by atoms with Crippen molar-refractivity contribution in [2.45, 2.75) is 39.2 Å². The molecule has 0 spiro atoms. The maximum absolute atomic E-state index is 11.4. The molecule has 4 heteroatoms. The van der Waals surface area contributed by atoms with Crippen LogP contribution in [-0.4, -0.2) is 24.3 Å². The van der Waals surface area contributed by atoms with Crippen LogP contribution >= 0.6 is 0 Å². The minimum absolute atomic E-state index is 0.128. The Hall–Kier alpha value is -1.55. The zero-order valence-corrected chi connectivity index (χ0v) is 11.6. The summed E-state index contributed by atoms with van der Waals surface area (Å²) in [5.74, 6) is 0.151. The van der Waals surface area contributed by atoms with Crippen molar-refractivity contribution >= 4 is 5.97 Å². The van der Waals surface area contributed by atoms with Crippen molar-refractivity contribution in [3.8, 4) is 5.75 Å². The quantitative estimate of drug-likeness (QED) is 0.580. The fraction of sp³-hybridized carbons (Fsp3) is 0.533. The molecule has 106 valence electrons. The number of aliphatic hydroxyl groups excluding tert-OH is 1. The molecule has 0 saturated heterocycles. The van der Waals surface area contributed by atoms with Gasteiger partial charge in [-0.05, 0) is 18.9 Å². The molecule has 4 nitrogen and oxygen atoms in total. The number of para-hydroxylation sites is 1. The molecular formula is C15H22O4. The monoisotopic (exact) mass is 266 g/mol. The van der Waals surface area contributed by atoms with Gasteiger partial charge in [0.1, 0.15) is 5.75 Å². The average Bonchev–Trinajstić information content (AvgIpc) is 2.45. The predicted octanol–water partition coefficient (Wildman–Crippen LogP) is 2.85. The fourth-order valence-corrected chi connectivity index (χ4v) is 1.62. The van der Waals surface area contributed by atoms with Crippen molar-refractivity contribution in [1.29, 1.82) is 0 Å². The summed E-state index contributed by atoms with van der Waals surface area (Å²) >= 11 is 0. The van der Waals surface area contributed by atoms with Gasteiger partial charge in [-0.15, -0.1) is 0 Å². The van der Waals surface area contributed by atoms with Crippen LogP contribution in [-0.2, 0) is 9.53 Å². The van der Waals surface area contributed by atoms with Crippen LogP contribution in [0.1, 0.15) is 44.8 Å². The second kappa shape index (κ2) is 8.53. The average molecular weight is 266 g/mol. The van der Waals surface area contributed by atoms with Crippen molar-refractivity contribution in [3.63, 3.8) is 0 Å². The maximum atomic E-state index is 11.4. The topological polar surface area (TPSA) is 55.8 Å². The van der Waals surface area contributed by atoms with Crippen LogP contribution in [0, 0.1) is 0 Å². The first-order chi connectivity index (χ1) is 9.19. The minimum atomic E-state index is -0.577. The van der Waals surface area contributed by atoms with Crippen molar-refractivity contribution in [3.05, 3.63) is 29.8 Å². The summed E-state index contributed by atoms with van der Waals surface area (Å²) < 4.78 is 10.4. The Morgan fingerprint density at radius 2 is 2.05 bits per heavy atom. The van der Waals surface area contributed by atoms with Crippen molar-refractivity contribution in [2.24, 2.45) is 0 Å². The van der Waals surface area contributed by atoms with E-state index in [1.54, 1.807) is 12.1 Å². The molecule has 1 rings (SSSR count). The highest BCUT2D eigenvalue weighted by Crippen LogP contribution is 2.26. The first kappa shape index (κ1) is 15.5. The smallest absolute Gasteiger partial charge is 0.344 e. The third-order valence-electron chi connectivity index (χ3n) is 2.77. The van der Waals surface area contributed by atoms with Crippen LogP contribution in [0.2, 0.25) is 0 Å². The van der Waals surface area contributed by atoms with Crippen LogP contribution in [0.4, 0.5) is 0 Å². The van der Waals surface area contributed by atoms with Gasteiger partial charge in [-0.2, -0.15) is 0 Å². The van der Waals surface area contributed by atoms with Gasteiger partial charge >= 0.3 is 5.97 Å². The Balaban J connectivity index is 2.50. The number of rotatable bonds is 8. The summed E-state index contributed by atoms with van der Waals surface area (Å²) in [6.07, 6.45) is 1.87. The Kier molecular flexibility index (Phi) is 6.97. The summed E-state index contributed by atoms with van der Waals surface area (Å²) in [5, 5.41) is 9.85. The molecule has 0 amide bonds. The largest absolute Gasteiger partial charge is 0.482 e. The summed E-state index contributed by atoms with van der Waals surface area (Å²) in [6.45, 7) is 4.22.